The van der Waals surface area contributed by atoms with Crippen LogP contribution in [0.15, 0.2) is 77.3 Å². The predicted octanol–water partition coefficient (Wildman–Crippen LogP) is 6.79. The van der Waals surface area contributed by atoms with Crippen molar-refractivity contribution in [3.8, 4) is 22.4 Å². The Balaban J connectivity index is 1.63. The first-order chi connectivity index (χ1) is 17.3. The van der Waals surface area contributed by atoms with Crippen LogP contribution in [-0.2, 0) is 7.05 Å². The van der Waals surface area contributed by atoms with Crippen molar-refractivity contribution >= 4 is 51.2 Å². The van der Waals surface area contributed by atoms with Gasteiger partial charge in [-0.1, -0.05) is 49.5 Å². The highest BCUT2D eigenvalue weighted by Gasteiger charge is 2.41. The summed E-state index contributed by atoms with van der Waals surface area (Å²) in [5.74, 6) is -0.0752. The lowest BCUT2D eigenvalue weighted by molar-refractivity contribution is -0.659. The summed E-state index contributed by atoms with van der Waals surface area (Å²) >= 11 is 0. The van der Waals surface area contributed by atoms with Crippen molar-refractivity contribution in [2.24, 2.45) is 7.05 Å². The van der Waals surface area contributed by atoms with Crippen molar-refractivity contribution in [1.82, 2.24) is 0 Å². The van der Waals surface area contributed by atoms with E-state index in [1.54, 1.807) is 6.07 Å². The van der Waals surface area contributed by atoms with Gasteiger partial charge < -0.3 is 4.42 Å². The van der Waals surface area contributed by atoms with Crippen molar-refractivity contribution in [1.29, 1.82) is 0 Å². The zero-order valence-corrected chi connectivity index (χ0v) is 22.2. The number of pyridine rings is 1. The maximum absolute atomic E-state index is 15.2. The van der Waals surface area contributed by atoms with Crippen LogP contribution in [0.25, 0.3) is 55.1 Å². The Morgan fingerprint density at radius 1 is 0.778 bits per heavy atom. The van der Waals surface area contributed by atoms with Crippen LogP contribution in [0.4, 0.5) is 4.39 Å². The Kier molecular flexibility index (Phi) is 4.27. The summed E-state index contributed by atoms with van der Waals surface area (Å²) in [7, 11) is -0.138. The van der Waals surface area contributed by atoms with E-state index in [2.05, 4.69) is 87.2 Å². The monoisotopic (exact) mass is 488 g/mol. The lowest BCUT2D eigenvalue weighted by Gasteiger charge is -2.21. The second kappa shape index (κ2) is 7.14. The maximum Gasteiger partial charge on any atom is 0.224 e. The molecule has 0 saturated heterocycles. The summed E-state index contributed by atoms with van der Waals surface area (Å²) in [5.41, 5.74) is 8.81. The van der Waals surface area contributed by atoms with E-state index >= 15 is 4.39 Å². The summed E-state index contributed by atoms with van der Waals surface area (Å²) in [6, 6.07) is 22.7. The average molecular weight is 489 g/mol. The average Bonchev–Trinajstić information content (AvgIpc) is 3.33. The second-order valence-corrected chi connectivity index (χ2v) is 14.9. The van der Waals surface area contributed by atoms with Crippen molar-refractivity contribution in [3.05, 3.63) is 89.9 Å². The molecule has 0 radical (unpaired) electrons. The molecule has 0 N–H and O–H groups in total. The van der Waals surface area contributed by atoms with Crippen molar-refractivity contribution in [2.75, 3.05) is 0 Å². The smallest absolute Gasteiger partial charge is 0.224 e. The molecule has 2 aromatic heterocycles. The van der Waals surface area contributed by atoms with Crippen LogP contribution in [0.1, 0.15) is 11.1 Å². The molecule has 3 heterocycles. The summed E-state index contributed by atoms with van der Waals surface area (Å²) < 4.78 is 23.9. The van der Waals surface area contributed by atoms with E-state index in [1.165, 1.54) is 32.6 Å². The number of benzene rings is 4. The lowest BCUT2D eigenvalue weighted by atomic mass is 9.93. The van der Waals surface area contributed by atoms with E-state index < -0.39 is 8.07 Å². The van der Waals surface area contributed by atoms with Gasteiger partial charge in [0.25, 0.3) is 0 Å². The number of halogens is 1. The van der Waals surface area contributed by atoms with Gasteiger partial charge in [0, 0.05) is 16.8 Å². The van der Waals surface area contributed by atoms with E-state index in [9.17, 15) is 0 Å². The van der Waals surface area contributed by atoms with E-state index in [1.807, 2.05) is 18.2 Å². The number of rotatable bonds is 1. The topological polar surface area (TPSA) is 17.0 Å². The largest absolute Gasteiger partial charge is 0.455 e. The van der Waals surface area contributed by atoms with Crippen LogP contribution in [0.2, 0.25) is 13.1 Å². The third-order valence-corrected chi connectivity index (χ3v) is 11.8. The van der Waals surface area contributed by atoms with Gasteiger partial charge in [0.15, 0.2) is 6.20 Å². The van der Waals surface area contributed by atoms with Gasteiger partial charge in [-0.05, 0) is 76.1 Å². The number of furan rings is 1. The molecule has 0 bridgehead atoms. The van der Waals surface area contributed by atoms with E-state index in [0.29, 0.717) is 0 Å². The van der Waals surface area contributed by atoms with Crippen LogP contribution >= 0.6 is 0 Å². The minimum absolute atomic E-state index is 0.0752. The van der Waals surface area contributed by atoms with E-state index in [0.717, 1.165) is 43.9 Å². The standard InChI is InChI=1S/C32H27FNOSi/c1-18-17-25-20-9-6-7-12-27(20)35-30(25)28(19(18)2)29-21-13-14-23-22-10-8-11-26(33)32(22)36(4,5)31(23)24(21)15-16-34(29)3/h6-17H,1-5H3/q+1. The van der Waals surface area contributed by atoms with Gasteiger partial charge in [0.1, 0.15) is 32.1 Å². The van der Waals surface area contributed by atoms with Crippen LogP contribution in [0.3, 0.4) is 0 Å². The molecular weight excluding hydrogens is 461 g/mol. The molecule has 36 heavy (non-hydrogen) atoms. The van der Waals surface area contributed by atoms with Crippen LogP contribution in [0.5, 0.6) is 0 Å². The number of nitrogens with zero attached hydrogens (tertiary/aromatic N) is 1. The summed E-state index contributed by atoms with van der Waals surface area (Å²) in [6.07, 6.45) is 2.15. The first-order valence-electron chi connectivity index (χ1n) is 12.5. The molecule has 2 nitrogen and oxygen atoms in total. The molecule has 176 valence electrons. The highest BCUT2D eigenvalue weighted by atomic mass is 28.3. The normalized spacial score (nSPS) is 14.1. The zero-order chi connectivity index (χ0) is 24.9. The molecule has 0 spiro atoms. The van der Waals surface area contributed by atoms with Gasteiger partial charge in [0.05, 0.1) is 10.9 Å². The number of para-hydroxylation sites is 1. The molecule has 7 rings (SSSR count). The molecule has 1 aliphatic heterocycles. The molecule has 4 aromatic carbocycles. The van der Waals surface area contributed by atoms with Crippen LogP contribution in [-0.4, -0.2) is 8.07 Å². The molecular formula is C32H27FNOSi+. The van der Waals surface area contributed by atoms with Gasteiger partial charge in [-0.25, -0.2) is 8.96 Å². The molecule has 0 unspecified atom stereocenters. The van der Waals surface area contributed by atoms with Crippen molar-refractivity contribution < 1.29 is 13.4 Å². The van der Waals surface area contributed by atoms with Gasteiger partial charge in [-0.15, -0.1) is 0 Å². The summed E-state index contributed by atoms with van der Waals surface area (Å²) in [5, 5.41) is 6.94. The Bertz CT molecular complexity index is 1910. The molecule has 1 aliphatic rings. The first kappa shape index (κ1) is 21.5. The Labute approximate surface area is 210 Å². The predicted molar refractivity (Wildman–Crippen MR) is 149 cm³/mol. The highest BCUT2D eigenvalue weighted by molar-refractivity contribution is 7.05. The second-order valence-electron chi connectivity index (χ2n) is 10.7. The summed E-state index contributed by atoms with van der Waals surface area (Å²) in [4.78, 5) is 0. The molecule has 0 atom stereocenters. The van der Waals surface area contributed by atoms with Gasteiger partial charge in [0.2, 0.25) is 5.69 Å². The molecule has 0 saturated carbocycles. The third-order valence-electron chi connectivity index (χ3n) is 8.30. The van der Waals surface area contributed by atoms with Gasteiger partial charge in [-0.2, -0.15) is 0 Å². The Morgan fingerprint density at radius 2 is 1.56 bits per heavy atom. The molecule has 0 amide bonds. The molecule has 4 heteroatoms. The van der Waals surface area contributed by atoms with Crippen molar-refractivity contribution in [3.63, 3.8) is 0 Å². The summed E-state index contributed by atoms with van der Waals surface area (Å²) in [6.45, 7) is 8.93. The minimum Gasteiger partial charge on any atom is -0.455 e. The maximum atomic E-state index is 15.2. The van der Waals surface area contributed by atoms with Crippen LogP contribution in [0, 0.1) is 19.7 Å². The number of aromatic nitrogens is 1. The zero-order valence-electron chi connectivity index (χ0n) is 21.2. The van der Waals surface area contributed by atoms with Gasteiger partial charge in [-0.3, -0.25) is 0 Å². The fourth-order valence-electron chi connectivity index (χ4n) is 6.54. The number of aryl methyl sites for hydroxylation is 2. The minimum atomic E-state index is -2.24. The van der Waals surface area contributed by atoms with E-state index in [-0.39, 0.29) is 5.82 Å². The van der Waals surface area contributed by atoms with Crippen molar-refractivity contribution in [2.45, 2.75) is 26.9 Å². The fourth-order valence-corrected chi connectivity index (χ4v) is 10.1. The van der Waals surface area contributed by atoms with E-state index in [4.69, 9.17) is 4.42 Å². The molecule has 0 fully saturated rings. The third kappa shape index (κ3) is 2.62. The lowest BCUT2D eigenvalue weighted by Crippen LogP contribution is -2.51. The van der Waals surface area contributed by atoms with Crippen LogP contribution < -0.4 is 14.9 Å². The Morgan fingerprint density at radius 3 is 2.39 bits per heavy atom. The quantitative estimate of drug-likeness (QED) is 0.184. The Hall–Kier alpha value is -3.76. The molecule has 6 aromatic rings. The number of hydrogen-bond donors (Lipinski definition) is 0. The number of hydrogen-bond acceptors (Lipinski definition) is 1. The first-order valence-corrected chi connectivity index (χ1v) is 15.5. The highest BCUT2D eigenvalue weighted by Crippen LogP contribution is 2.41. The van der Waals surface area contributed by atoms with Gasteiger partial charge >= 0.3 is 0 Å². The molecule has 0 aliphatic carbocycles. The SMILES string of the molecule is Cc1cc2c(oc3ccccc32)c(-c2c3ccc4c(c3cc[n+]2C)[Si](C)(C)c2c(F)cccc2-4)c1C. The fraction of sp³-hybridized carbons (Fsp3) is 0.156. The number of fused-ring (bicyclic) bond motifs is 8.